The van der Waals surface area contributed by atoms with Gasteiger partial charge in [0, 0.05) is 19.0 Å². The zero-order valence-electron chi connectivity index (χ0n) is 11.1. The largest absolute Gasteiger partial charge is 0.477 e. The Bertz CT molecular complexity index is 497. The lowest BCUT2D eigenvalue weighted by molar-refractivity contribution is -0.122. The number of ether oxygens (including phenoxy) is 1. The van der Waals surface area contributed by atoms with Crippen molar-refractivity contribution in [3.05, 3.63) is 15.6 Å². The predicted molar refractivity (Wildman–Crippen MR) is 72.9 cm³/mol. The first-order valence-corrected chi connectivity index (χ1v) is 7.15. The van der Waals surface area contributed by atoms with Gasteiger partial charge >= 0.3 is 5.97 Å². The summed E-state index contributed by atoms with van der Waals surface area (Å²) in [5.74, 6) is -1.08. The molecular weight excluding hydrogens is 282 g/mol. The molecule has 0 radical (unpaired) electrons. The summed E-state index contributed by atoms with van der Waals surface area (Å²) < 4.78 is 5.27. The Kier molecular flexibility index (Phi) is 5.05. The highest BCUT2D eigenvalue weighted by atomic mass is 32.1. The normalized spacial score (nSPS) is 18.8. The summed E-state index contributed by atoms with van der Waals surface area (Å²) in [5, 5.41) is 15.5. The first-order valence-electron chi connectivity index (χ1n) is 6.33. The van der Waals surface area contributed by atoms with Gasteiger partial charge in [0.15, 0.2) is 0 Å². The second-order valence-electron chi connectivity index (χ2n) is 4.53. The number of aryl methyl sites for hydroxylation is 1. The van der Waals surface area contributed by atoms with Gasteiger partial charge in [-0.1, -0.05) is 0 Å². The van der Waals surface area contributed by atoms with Gasteiger partial charge < -0.3 is 20.5 Å². The molecule has 1 aromatic rings. The van der Waals surface area contributed by atoms with E-state index in [1.54, 1.807) is 6.92 Å². The minimum Gasteiger partial charge on any atom is -0.477 e. The van der Waals surface area contributed by atoms with Crippen LogP contribution in [0.4, 0.5) is 0 Å². The number of amides is 1. The van der Waals surface area contributed by atoms with Crippen molar-refractivity contribution in [2.75, 3.05) is 19.8 Å². The molecule has 7 nitrogen and oxygen atoms in total. The van der Waals surface area contributed by atoms with Crippen LogP contribution in [-0.4, -0.2) is 47.8 Å². The van der Waals surface area contributed by atoms with Crippen molar-refractivity contribution in [1.82, 2.24) is 15.6 Å². The maximum atomic E-state index is 11.8. The topological polar surface area (TPSA) is 101 Å². The van der Waals surface area contributed by atoms with Gasteiger partial charge in [0.1, 0.15) is 9.88 Å². The van der Waals surface area contributed by atoms with Gasteiger partial charge in [0.2, 0.25) is 5.91 Å². The van der Waals surface area contributed by atoms with E-state index in [4.69, 9.17) is 9.84 Å². The zero-order valence-corrected chi connectivity index (χ0v) is 12.0. The van der Waals surface area contributed by atoms with E-state index in [-0.39, 0.29) is 23.4 Å². The number of carboxylic acids is 1. The van der Waals surface area contributed by atoms with E-state index >= 15 is 0 Å². The van der Waals surface area contributed by atoms with Crippen LogP contribution in [0.2, 0.25) is 0 Å². The van der Waals surface area contributed by atoms with Crippen LogP contribution in [0.15, 0.2) is 0 Å². The third kappa shape index (κ3) is 3.99. The van der Waals surface area contributed by atoms with Gasteiger partial charge in [-0.05, 0) is 6.92 Å². The van der Waals surface area contributed by atoms with Gasteiger partial charge in [-0.2, -0.15) is 0 Å². The number of thiazole rings is 1. The molecule has 2 rings (SSSR count). The molecular formula is C12H17N3O4S. The van der Waals surface area contributed by atoms with Crippen LogP contribution in [0.3, 0.4) is 0 Å². The highest BCUT2D eigenvalue weighted by Crippen LogP contribution is 2.17. The lowest BCUT2D eigenvalue weighted by Gasteiger charge is -2.23. The molecule has 110 valence electrons. The molecule has 0 bridgehead atoms. The lowest BCUT2D eigenvalue weighted by Crippen LogP contribution is -2.44. The molecule has 2 heterocycles. The molecule has 1 unspecified atom stereocenters. The Labute approximate surface area is 120 Å². The minimum atomic E-state index is -0.985. The molecule has 8 heteroatoms. The summed E-state index contributed by atoms with van der Waals surface area (Å²) >= 11 is 1.09. The van der Waals surface area contributed by atoms with Crippen molar-refractivity contribution in [3.8, 4) is 0 Å². The van der Waals surface area contributed by atoms with E-state index in [1.165, 1.54) is 0 Å². The summed E-state index contributed by atoms with van der Waals surface area (Å²) in [6, 6.07) is 0.0383. The molecule has 0 spiro atoms. The summed E-state index contributed by atoms with van der Waals surface area (Å²) in [7, 11) is 0. The van der Waals surface area contributed by atoms with Crippen molar-refractivity contribution in [3.63, 3.8) is 0 Å². The standard InChI is InChI=1S/C12H17N3O4S/c1-7-11(12(17)18)20-10(15-7)5-14-9(16)4-8-6-19-3-2-13-8/h8,13H,2-6H2,1H3,(H,14,16)(H,17,18). The number of aromatic carboxylic acids is 1. The van der Waals surface area contributed by atoms with E-state index in [1.807, 2.05) is 0 Å². The molecule has 1 fully saturated rings. The summed E-state index contributed by atoms with van der Waals surface area (Å²) in [6.07, 6.45) is 0.343. The summed E-state index contributed by atoms with van der Waals surface area (Å²) in [5.41, 5.74) is 0.481. The SMILES string of the molecule is Cc1nc(CNC(=O)CC2COCCN2)sc1C(=O)O. The molecule has 3 N–H and O–H groups in total. The molecule has 1 saturated heterocycles. The number of carbonyl (C=O) groups excluding carboxylic acids is 1. The zero-order chi connectivity index (χ0) is 14.5. The van der Waals surface area contributed by atoms with E-state index < -0.39 is 5.97 Å². The first-order chi connectivity index (χ1) is 9.56. The predicted octanol–water partition coefficient (Wildman–Crippen LogP) is 0.144. The molecule has 1 amide bonds. The maximum absolute atomic E-state index is 11.8. The number of carboxylic acid groups (broad SMARTS) is 1. The fraction of sp³-hybridized carbons (Fsp3) is 0.583. The molecule has 1 atom stereocenters. The number of nitrogens with one attached hydrogen (secondary N) is 2. The van der Waals surface area contributed by atoms with Crippen molar-refractivity contribution in [2.24, 2.45) is 0 Å². The van der Waals surface area contributed by atoms with Crippen LogP contribution in [-0.2, 0) is 16.1 Å². The van der Waals surface area contributed by atoms with Crippen LogP contribution < -0.4 is 10.6 Å². The van der Waals surface area contributed by atoms with Gasteiger partial charge in [-0.25, -0.2) is 9.78 Å². The van der Waals surface area contributed by atoms with Gasteiger partial charge in [-0.15, -0.1) is 11.3 Å². The smallest absolute Gasteiger partial charge is 0.347 e. The van der Waals surface area contributed by atoms with Crippen molar-refractivity contribution in [2.45, 2.75) is 25.9 Å². The van der Waals surface area contributed by atoms with Crippen molar-refractivity contribution in [1.29, 1.82) is 0 Å². The maximum Gasteiger partial charge on any atom is 0.347 e. The molecule has 0 saturated carbocycles. The van der Waals surface area contributed by atoms with Crippen LogP contribution >= 0.6 is 11.3 Å². The number of carbonyl (C=O) groups is 2. The highest BCUT2D eigenvalue weighted by Gasteiger charge is 2.18. The third-order valence-electron chi connectivity index (χ3n) is 2.90. The first kappa shape index (κ1) is 14.9. The summed E-state index contributed by atoms with van der Waals surface area (Å²) in [4.78, 5) is 27.0. The van der Waals surface area contributed by atoms with Crippen LogP contribution in [0.1, 0.15) is 26.8 Å². The second-order valence-corrected chi connectivity index (χ2v) is 5.62. The average molecular weight is 299 g/mol. The van der Waals surface area contributed by atoms with E-state index in [0.717, 1.165) is 17.9 Å². The summed E-state index contributed by atoms with van der Waals surface area (Å²) in [6.45, 7) is 3.87. The Morgan fingerprint density at radius 1 is 1.60 bits per heavy atom. The molecule has 0 aromatic carbocycles. The Morgan fingerprint density at radius 2 is 2.40 bits per heavy atom. The van der Waals surface area contributed by atoms with Crippen molar-refractivity contribution < 1.29 is 19.4 Å². The van der Waals surface area contributed by atoms with Crippen molar-refractivity contribution >= 4 is 23.2 Å². The Morgan fingerprint density at radius 3 is 3.00 bits per heavy atom. The van der Waals surface area contributed by atoms with E-state index in [0.29, 0.717) is 30.3 Å². The number of aromatic nitrogens is 1. The third-order valence-corrected chi connectivity index (χ3v) is 4.05. The minimum absolute atomic E-state index is 0.0383. The van der Waals surface area contributed by atoms with Crippen LogP contribution in [0.5, 0.6) is 0 Å². The molecule has 1 aliphatic rings. The fourth-order valence-electron chi connectivity index (χ4n) is 1.95. The monoisotopic (exact) mass is 299 g/mol. The number of nitrogens with zero attached hydrogens (tertiary/aromatic N) is 1. The number of hydrogen-bond acceptors (Lipinski definition) is 6. The molecule has 1 aromatic heterocycles. The lowest BCUT2D eigenvalue weighted by atomic mass is 10.2. The van der Waals surface area contributed by atoms with Gasteiger partial charge in [0.25, 0.3) is 0 Å². The van der Waals surface area contributed by atoms with Crippen LogP contribution in [0, 0.1) is 6.92 Å². The number of morpholine rings is 1. The molecule has 20 heavy (non-hydrogen) atoms. The van der Waals surface area contributed by atoms with E-state index in [2.05, 4.69) is 15.6 Å². The quantitative estimate of drug-likeness (QED) is 0.715. The fourth-order valence-corrected chi connectivity index (χ4v) is 2.79. The molecule has 1 aliphatic heterocycles. The Balaban J connectivity index is 1.80. The second kappa shape index (κ2) is 6.78. The number of rotatable bonds is 5. The average Bonchev–Trinajstić information content (AvgIpc) is 2.79. The highest BCUT2D eigenvalue weighted by molar-refractivity contribution is 7.13. The van der Waals surface area contributed by atoms with Gasteiger partial charge in [0.05, 0.1) is 25.5 Å². The van der Waals surface area contributed by atoms with Gasteiger partial charge in [-0.3, -0.25) is 4.79 Å². The van der Waals surface area contributed by atoms with Crippen LogP contribution in [0.25, 0.3) is 0 Å². The van der Waals surface area contributed by atoms with E-state index in [9.17, 15) is 9.59 Å². The molecule has 0 aliphatic carbocycles. The Hall–Kier alpha value is -1.51. The number of hydrogen-bond donors (Lipinski definition) is 3.